The molecule has 2 heterocycles. The van der Waals surface area contributed by atoms with Crippen LogP contribution in [-0.4, -0.2) is 25.8 Å². The third-order valence-corrected chi connectivity index (χ3v) is 4.06. The Bertz CT molecular complexity index is 1270. The van der Waals surface area contributed by atoms with E-state index in [-0.39, 0.29) is 23.1 Å². The second-order valence-corrected chi connectivity index (χ2v) is 6.17. The molecule has 2 aromatic carbocycles. The van der Waals surface area contributed by atoms with E-state index in [0.29, 0.717) is 5.56 Å². The fraction of sp³-hybridized carbons (Fsp3) is 0.0500. The number of hydrogen-bond acceptors (Lipinski definition) is 6. The number of para-hydroxylation sites is 1. The number of carbonyl (C=O) groups is 1. The van der Waals surface area contributed by atoms with E-state index in [9.17, 15) is 18.4 Å². The van der Waals surface area contributed by atoms with Gasteiger partial charge in [0.05, 0.1) is 5.69 Å². The number of nitrogens with one attached hydrogen (secondary N) is 1. The zero-order valence-corrected chi connectivity index (χ0v) is 15.3. The predicted molar refractivity (Wildman–Crippen MR) is 102 cm³/mol. The van der Waals surface area contributed by atoms with Gasteiger partial charge in [0.15, 0.2) is 0 Å². The molecule has 0 spiro atoms. The Balaban J connectivity index is 1.55. The molecule has 10 heteroatoms. The highest BCUT2D eigenvalue weighted by Crippen LogP contribution is 2.20. The average Bonchev–Trinajstić information content (AvgIpc) is 3.22. The largest absolute Gasteiger partial charge is 0.332 e. The maximum Gasteiger partial charge on any atom is 0.278 e. The molecule has 1 N–H and O–H groups in total. The molecular formula is C20H13F2N5O3. The topological polar surface area (TPSA) is 103 Å². The molecule has 0 radical (unpaired) electrons. The minimum atomic E-state index is -0.635. The van der Waals surface area contributed by atoms with E-state index in [1.165, 1.54) is 54.6 Å². The third-order valence-electron chi connectivity index (χ3n) is 4.06. The lowest BCUT2D eigenvalue weighted by molar-refractivity contribution is -0.117. The van der Waals surface area contributed by atoms with Crippen molar-refractivity contribution in [1.82, 2.24) is 19.9 Å². The van der Waals surface area contributed by atoms with Gasteiger partial charge in [0.1, 0.15) is 23.9 Å². The van der Waals surface area contributed by atoms with E-state index in [1.54, 1.807) is 6.07 Å². The fourth-order valence-corrected chi connectivity index (χ4v) is 2.61. The van der Waals surface area contributed by atoms with Crippen LogP contribution in [0.1, 0.15) is 0 Å². The first-order valence-corrected chi connectivity index (χ1v) is 8.72. The van der Waals surface area contributed by atoms with Crippen molar-refractivity contribution in [1.29, 1.82) is 0 Å². The highest BCUT2D eigenvalue weighted by molar-refractivity contribution is 5.90. The van der Waals surface area contributed by atoms with Crippen molar-refractivity contribution in [3.63, 3.8) is 0 Å². The van der Waals surface area contributed by atoms with Gasteiger partial charge in [0.25, 0.3) is 11.4 Å². The van der Waals surface area contributed by atoms with Crippen LogP contribution in [0.2, 0.25) is 0 Å². The van der Waals surface area contributed by atoms with Crippen LogP contribution in [0.5, 0.6) is 0 Å². The summed E-state index contributed by atoms with van der Waals surface area (Å²) in [5, 5.41) is 10.3. The summed E-state index contributed by atoms with van der Waals surface area (Å²) in [6.07, 6.45) is 0. The van der Waals surface area contributed by atoms with Crippen LogP contribution in [0.25, 0.3) is 23.0 Å². The molecular weight excluding hydrogens is 396 g/mol. The van der Waals surface area contributed by atoms with Crippen LogP contribution < -0.4 is 10.9 Å². The van der Waals surface area contributed by atoms with E-state index in [4.69, 9.17) is 4.52 Å². The number of rotatable bonds is 5. The van der Waals surface area contributed by atoms with Crippen LogP contribution >= 0.6 is 0 Å². The number of hydrogen-bond donors (Lipinski definition) is 1. The first kappa shape index (κ1) is 19.1. The van der Waals surface area contributed by atoms with Gasteiger partial charge in [0, 0.05) is 11.6 Å². The Morgan fingerprint density at radius 3 is 2.57 bits per heavy atom. The van der Waals surface area contributed by atoms with E-state index >= 15 is 0 Å². The molecule has 0 saturated carbocycles. The average molecular weight is 409 g/mol. The highest BCUT2D eigenvalue weighted by atomic mass is 19.1. The zero-order valence-electron chi connectivity index (χ0n) is 15.3. The molecule has 150 valence electrons. The van der Waals surface area contributed by atoms with Gasteiger partial charge >= 0.3 is 0 Å². The zero-order chi connectivity index (χ0) is 21.1. The van der Waals surface area contributed by atoms with Crippen molar-refractivity contribution in [2.24, 2.45) is 0 Å². The van der Waals surface area contributed by atoms with E-state index < -0.39 is 29.6 Å². The maximum atomic E-state index is 13.7. The van der Waals surface area contributed by atoms with Gasteiger partial charge in [-0.3, -0.25) is 9.59 Å². The van der Waals surface area contributed by atoms with Crippen molar-refractivity contribution in [3.8, 4) is 23.0 Å². The summed E-state index contributed by atoms with van der Waals surface area (Å²) in [7, 11) is 0. The molecule has 4 aromatic rings. The van der Waals surface area contributed by atoms with Crippen LogP contribution in [0, 0.1) is 11.6 Å². The Morgan fingerprint density at radius 1 is 1.03 bits per heavy atom. The van der Waals surface area contributed by atoms with Gasteiger partial charge in [0.2, 0.25) is 11.7 Å². The fourth-order valence-electron chi connectivity index (χ4n) is 2.61. The van der Waals surface area contributed by atoms with E-state index in [0.717, 1.165) is 4.68 Å². The lowest BCUT2D eigenvalue weighted by atomic mass is 10.2. The first-order chi connectivity index (χ1) is 14.5. The van der Waals surface area contributed by atoms with Crippen LogP contribution in [0.4, 0.5) is 14.5 Å². The van der Waals surface area contributed by atoms with E-state index in [1.807, 2.05) is 0 Å². The lowest BCUT2D eigenvalue weighted by Gasteiger charge is -2.07. The molecule has 0 unspecified atom stereocenters. The molecule has 0 aliphatic rings. The molecule has 0 atom stereocenters. The monoisotopic (exact) mass is 409 g/mol. The summed E-state index contributed by atoms with van der Waals surface area (Å²) in [4.78, 5) is 28.4. The molecule has 0 aliphatic heterocycles. The number of amides is 1. The smallest absolute Gasteiger partial charge is 0.278 e. The minimum absolute atomic E-state index is 0.00690. The Hall–Kier alpha value is -4.21. The number of anilines is 1. The summed E-state index contributed by atoms with van der Waals surface area (Å²) in [5.41, 5.74) is 0.145. The summed E-state index contributed by atoms with van der Waals surface area (Å²) >= 11 is 0. The van der Waals surface area contributed by atoms with Crippen LogP contribution in [-0.2, 0) is 11.3 Å². The molecule has 30 heavy (non-hydrogen) atoms. The summed E-state index contributed by atoms with van der Waals surface area (Å²) in [6.45, 7) is -0.444. The number of halogens is 2. The highest BCUT2D eigenvalue weighted by Gasteiger charge is 2.15. The van der Waals surface area contributed by atoms with Crippen molar-refractivity contribution >= 4 is 11.6 Å². The number of carbonyl (C=O) groups excluding carboxylic acids is 1. The molecule has 4 rings (SSSR count). The number of nitrogens with zero attached hydrogens (tertiary/aromatic N) is 4. The van der Waals surface area contributed by atoms with Crippen LogP contribution in [0.3, 0.4) is 0 Å². The lowest BCUT2D eigenvalue weighted by Crippen LogP contribution is -2.29. The van der Waals surface area contributed by atoms with Crippen molar-refractivity contribution in [2.75, 3.05) is 5.32 Å². The Labute approximate surface area is 167 Å². The second-order valence-electron chi connectivity index (χ2n) is 6.17. The van der Waals surface area contributed by atoms with Crippen molar-refractivity contribution in [3.05, 3.63) is 82.7 Å². The number of benzene rings is 2. The standard InChI is InChI=1S/C20H13F2N5O3/c21-13-7-5-12(6-8-13)19-24-20(30-26-19)16-9-10-18(29)27(25-16)11-17(28)23-15-4-2-1-3-14(15)22/h1-10H,11H2,(H,23,28). The predicted octanol–water partition coefficient (Wildman–Crippen LogP) is 2.88. The van der Waals surface area contributed by atoms with Crippen molar-refractivity contribution in [2.45, 2.75) is 6.54 Å². The van der Waals surface area contributed by atoms with Crippen LogP contribution in [0.15, 0.2) is 70.0 Å². The number of aromatic nitrogens is 4. The summed E-state index contributed by atoms with van der Waals surface area (Å²) in [5.74, 6) is -1.41. The Morgan fingerprint density at radius 2 is 1.80 bits per heavy atom. The van der Waals surface area contributed by atoms with Crippen molar-refractivity contribution < 1.29 is 18.1 Å². The van der Waals surface area contributed by atoms with Gasteiger partial charge in [-0.1, -0.05) is 17.3 Å². The molecule has 0 bridgehead atoms. The minimum Gasteiger partial charge on any atom is -0.332 e. The summed E-state index contributed by atoms with van der Waals surface area (Å²) in [6, 6.07) is 13.7. The van der Waals surface area contributed by atoms with Gasteiger partial charge in [-0.15, -0.1) is 0 Å². The summed E-state index contributed by atoms with van der Waals surface area (Å²) < 4.78 is 32.8. The molecule has 0 saturated heterocycles. The molecule has 1 amide bonds. The quantitative estimate of drug-likeness (QED) is 0.544. The van der Waals surface area contributed by atoms with Gasteiger partial charge < -0.3 is 9.84 Å². The molecule has 2 aromatic heterocycles. The van der Waals surface area contributed by atoms with Gasteiger partial charge in [-0.2, -0.15) is 10.1 Å². The second kappa shape index (κ2) is 8.03. The first-order valence-electron chi connectivity index (χ1n) is 8.72. The van der Waals surface area contributed by atoms with E-state index in [2.05, 4.69) is 20.6 Å². The SMILES string of the molecule is O=C(Cn1nc(-c2nc(-c3ccc(F)cc3)no2)ccc1=O)Nc1ccccc1F. The Kier molecular flexibility index (Phi) is 5.12. The van der Waals surface area contributed by atoms with Gasteiger partial charge in [-0.25, -0.2) is 13.5 Å². The third kappa shape index (κ3) is 4.12. The maximum absolute atomic E-state index is 13.7. The molecule has 0 fully saturated rings. The molecule has 0 aliphatic carbocycles. The normalized spacial score (nSPS) is 10.7. The molecule has 8 nitrogen and oxygen atoms in total. The van der Waals surface area contributed by atoms with Gasteiger partial charge in [-0.05, 0) is 42.5 Å².